The first-order valence-electron chi connectivity index (χ1n) is 4.71. The van der Waals surface area contributed by atoms with Crippen molar-refractivity contribution in [1.82, 2.24) is 0 Å². The van der Waals surface area contributed by atoms with Crippen LogP contribution in [0.4, 0.5) is 4.39 Å². The molecule has 4 heteroatoms. The zero-order valence-corrected chi connectivity index (χ0v) is 10.1. The van der Waals surface area contributed by atoms with Crippen LogP contribution in [-0.4, -0.2) is 9.85 Å². The Morgan fingerprint density at radius 2 is 2.20 bits per heavy atom. The molecular weight excluding hydrogens is 235 g/mol. The number of hydrogen-bond donors (Lipinski definition) is 1. The Kier molecular flexibility index (Phi) is 2.73. The van der Waals surface area contributed by atoms with E-state index < -0.39 is 6.10 Å². The van der Waals surface area contributed by atoms with Crippen LogP contribution in [-0.2, 0) is 5.75 Å². The van der Waals surface area contributed by atoms with Crippen molar-refractivity contribution in [2.24, 2.45) is 0 Å². The van der Waals surface area contributed by atoms with Gasteiger partial charge in [-0.1, -0.05) is 11.6 Å². The van der Waals surface area contributed by atoms with E-state index >= 15 is 0 Å². The zero-order valence-electron chi connectivity index (χ0n) is 8.55. The van der Waals surface area contributed by atoms with Gasteiger partial charge in [-0.25, -0.2) is 4.39 Å². The third-order valence-electron chi connectivity index (χ3n) is 2.74. The van der Waals surface area contributed by atoms with Crippen LogP contribution in [0.3, 0.4) is 0 Å². The number of benzene rings is 1. The van der Waals surface area contributed by atoms with Crippen LogP contribution in [0, 0.1) is 5.82 Å². The molecule has 0 amide bonds. The summed E-state index contributed by atoms with van der Waals surface area (Å²) in [6.07, 6.45) is -0.667. The zero-order chi connectivity index (χ0) is 11.2. The smallest absolute Gasteiger partial charge is 0.129 e. The number of hydrogen-bond acceptors (Lipinski definition) is 2. The first-order valence-corrected chi connectivity index (χ1v) is 6.08. The SMILES string of the molecule is CC1(C)SCc2c(F)cc(Cl)cc2C1O. The van der Waals surface area contributed by atoms with E-state index in [4.69, 9.17) is 11.6 Å². The number of aliphatic hydroxyl groups excluding tert-OH is 1. The van der Waals surface area contributed by atoms with Crippen molar-refractivity contribution < 1.29 is 9.50 Å². The quantitative estimate of drug-likeness (QED) is 0.756. The second-order valence-electron chi connectivity index (χ2n) is 4.25. The van der Waals surface area contributed by atoms with E-state index in [-0.39, 0.29) is 10.6 Å². The van der Waals surface area contributed by atoms with Crippen molar-refractivity contribution in [3.63, 3.8) is 0 Å². The monoisotopic (exact) mass is 246 g/mol. The lowest BCUT2D eigenvalue weighted by molar-refractivity contribution is 0.140. The van der Waals surface area contributed by atoms with Crippen molar-refractivity contribution >= 4 is 23.4 Å². The van der Waals surface area contributed by atoms with Crippen LogP contribution >= 0.6 is 23.4 Å². The molecule has 15 heavy (non-hydrogen) atoms. The summed E-state index contributed by atoms with van der Waals surface area (Å²) in [6.45, 7) is 3.90. The fraction of sp³-hybridized carbons (Fsp3) is 0.455. The highest BCUT2D eigenvalue weighted by Crippen LogP contribution is 2.46. The maximum atomic E-state index is 13.5. The third kappa shape index (κ3) is 1.88. The molecule has 82 valence electrons. The molecule has 0 saturated heterocycles. The average molecular weight is 247 g/mol. The topological polar surface area (TPSA) is 20.2 Å². The molecule has 1 aromatic carbocycles. The Bertz CT molecular complexity index is 406. The van der Waals surface area contributed by atoms with Gasteiger partial charge in [0.2, 0.25) is 0 Å². The summed E-state index contributed by atoms with van der Waals surface area (Å²) in [6, 6.07) is 2.96. The molecule has 0 bridgehead atoms. The molecule has 0 radical (unpaired) electrons. The molecule has 1 unspecified atom stereocenters. The predicted molar refractivity (Wildman–Crippen MR) is 61.7 cm³/mol. The van der Waals surface area contributed by atoms with Gasteiger partial charge in [-0.05, 0) is 31.5 Å². The number of rotatable bonds is 0. The van der Waals surface area contributed by atoms with Crippen LogP contribution in [0.2, 0.25) is 5.02 Å². The summed E-state index contributed by atoms with van der Waals surface area (Å²) < 4.78 is 13.3. The summed E-state index contributed by atoms with van der Waals surface area (Å²) in [5.41, 5.74) is 1.21. The van der Waals surface area contributed by atoms with E-state index in [1.165, 1.54) is 6.07 Å². The Morgan fingerprint density at radius 3 is 2.87 bits per heavy atom. The summed E-state index contributed by atoms with van der Waals surface area (Å²) in [5, 5.41) is 10.4. The van der Waals surface area contributed by atoms with Gasteiger partial charge in [0.15, 0.2) is 0 Å². The van der Waals surface area contributed by atoms with E-state index in [1.807, 2.05) is 13.8 Å². The van der Waals surface area contributed by atoms with E-state index in [0.717, 1.165) is 0 Å². The van der Waals surface area contributed by atoms with Crippen LogP contribution in [0.1, 0.15) is 31.1 Å². The summed E-state index contributed by atoms with van der Waals surface area (Å²) in [7, 11) is 0. The molecule has 0 aliphatic carbocycles. The van der Waals surface area contributed by atoms with Gasteiger partial charge in [0, 0.05) is 21.1 Å². The molecule has 0 spiro atoms. The Balaban J connectivity index is 2.56. The van der Waals surface area contributed by atoms with Gasteiger partial charge in [-0.3, -0.25) is 0 Å². The number of thioether (sulfide) groups is 1. The van der Waals surface area contributed by atoms with E-state index in [1.54, 1.807) is 17.8 Å². The maximum absolute atomic E-state index is 13.5. The largest absolute Gasteiger partial charge is 0.387 e. The molecule has 2 rings (SSSR count). The summed E-state index contributed by atoms with van der Waals surface area (Å²) in [4.78, 5) is 0. The minimum absolute atomic E-state index is 0.288. The fourth-order valence-electron chi connectivity index (χ4n) is 1.73. The average Bonchev–Trinajstić information content (AvgIpc) is 2.12. The third-order valence-corrected chi connectivity index (χ3v) is 4.35. The highest BCUT2D eigenvalue weighted by atomic mass is 35.5. The Labute approximate surface area is 97.6 Å². The maximum Gasteiger partial charge on any atom is 0.129 e. The molecule has 1 aliphatic heterocycles. The number of halogens is 2. The molecule has 0 aromatic heterocycles. The minimum atomic E-state index is -0.667. The standard InChI is InChI=1S/C11H12ClFOS/c1-11(2)10(14)7-3-6(12)4-9(13)8(7)5-15-11/h3-4,10,14H,5H2,1-2H3. The molecule has 1 aromatic rings. The van der Waals surface area contributed by atoms with Gasteiger partial charge in [0.25, 0.3) is 0 Å². The molecule has 0 fully saturated rings. The van der Waals surface area contributed by atoms with E-state index in [9.17, 15) is 9.50 Å². The first-order chi connectivity index (χ1) is 6.92. The second kappa shape index (κ2) is 3.65. The highest BCUT2D eigenvalue weighted by molar-refractivity contribution is 7.99. The van der Waals surface area contributed by atoms with Crippen molar-refractivity contribution in [2.45, 2.75) is 30.5 Å². The Hall–Kier alpha value is -0.250. The van der Waals surface area contributed by atoms with Gasteiger partial charge in [0.1, 0.15) is 5.82 Å². The van der Waals surface area contributed by atoms with Crippen molar-refractivity contribution in [2.75, 3.05) is 0 Å². The number of aliphatic hydroxyl groups is 1. The number of fused-ring (bicyclic) bond motifs is 1. The van der Waals surface area contributed by atoms with Gasteiger partial charge in [-0.2, -0.15) is 0 Å². The molecule has 1 aliphatic rings. The fourth-order valence-corrected chi connectivity index (χ4v) is 3.05. The van der Waals surface area contributed by atoms with Crippen molar-refractivity contribution in [3.8, 4) is 0 Å². The lowest BCUT2D eigenvalue weighted by Gasteiger charge is -2.36. The summed E-state index contributed by atoms with van der Waals surface area (Å²) >= 11 is 7.34. The van der Waals surface area contributed by atoms with Gasteiger partial charge >= 0.3 is 0 Å². The summed E-state index contributed by atoms with van der Waals surface area (Å²) in [5.74, 6) is 0.266. The highest BCUT2D eigenvalue weighted by Gasteiger charge is 2.36. The molecule has 0 saturated carbocycles. The Morgan fingerprint density at radius 1 is 1.53 bits per heavy atom. The minimum Gasteiger partial charge on any atom is -0.387 e. The van der Waals surface area contributed by atoms with Crippen molar-refractivity contribution in [1.29, 1.82) is 0 Å². The van der Waals surface area contributed by atoms with Crippen LogP contribution < -0.4 is 0 Å². The van der Waals surface area contributed by atoms with Gasteiger partial charge < -0.3 is 5.11 Å². The lowest BCUT2D eigenvalue weighted by atomic mass is 9.93. The molecular formula is C11H12ClFOS. The van der Waals surface area contributed by atoms with Crippen molar-refractivity contribution in [3.05, 3.63) is 34.1 Å². The first kappa shape index (κ1) is 11.2. The van der Waals surface area contributed by atoms with Crippen LogP contribution in [0.25, 0.3) is 0 Å². The van der Waals surface area contributed by atoms with Crippen LogP contribution in [0.15, 0.2) is 12.1 Å². The second-order valence-corrected chi connectivity index (χ2v) is 6.32. The van der Waals surface area contributed by atoms with Gasteiger partial charge in [-0.15, -0.1) is 11.8 Å². The van der Waals surface area contributed by atoms with Gasteiger partial charge in [0.05, 0.1) is 6.10 Å². The molecule has 1 atom stereocenters. The van der Waals surface area contributed by atoms with Crippen LogP contribution in [0.5, 0.6) is 0 Å². The predicted octanol–water partition coefficient (Wildman–Crippen LogP) is 3.54. The molecule has 1 N–H and O–H groups in total. The normalized spacial score (nSPS) is 23.7. The van der Waals surface area contributed by atoms with E-state index in [2.05, 4.69) is 0 Å². The van der Waals surface area contributed by atoms with E-state index in [0.29, 0.717) is 21.9 Å². The lowest BCUT2D eigenvalue weighted by Crippen LogP contribution is -2.30. The molecule has 1 nitrogen and oxygen atoms in total. The molecule has 1 heterocycles.